The molecular weight excluding hydrogens is 278 g/mol. The first-order valence-electron chi connectivity index (χ1n) is 9.21. The lowest BCUT2D eigenvalue weighted by Gasteiger charge is -2.36. The Hall–Kier alpha value is -1.24. The van der Waals surface area contributed by atoms with Crippen LogP contribution in [0.25, 0.3) is 0 Å². The van der Waals surface area contributed by atoms with Crippen molar-refractivity contribution in [2.75, 3.05) is 6.54 Å². The van der Waals surface area contributed by atoms with Gasteiger partial charge in [0.05, 0.1) is 0 Å². The lowest BCUT2D eigenvalue weighted by Crippen LogP contribution is -2.38. The van der Waals surface area contributed by atoms with Crippen molar-refractivity contribution in [2.45, 2.75) is 67.2 Å². The summed E-state index contributed by atoms with van der Waals surface area (Å²) in [5.41, 5.74) is 5.96. The summed E-state index contributed by atoms with van der Waals surface area (Å²) in [5, 5.41) is 3.45. The summed E-state index contributed by atoms with van der Waals surface area (Å²) < 4.78 is 0. The average Bonchev–Trinajstić information content (AvgIpc) is 2.97. The fourth-order valence-corrected chi connectivity index (χ4v) is 3.99. The summed E-state index contributed by atoms with van der Waals surface area (Å²) in [6.07, 6.45) is 12.2. The second-order valence-electron chi connectivity index (χ2n) is 8.52. The van der Waals surface area contributed by atoms with Crippen molar-refractivity contribution >= 4 is 0 Å². The van der Waals surface area contributed by atoms with Crippen LogP contribution in [0.1, 0.15) is 67.2 Å². The largest absolute Gasteiger partial charge is 0.387 e. The minimum Gasteiger partial charge on any atom is -0.387 e. The van der Waals surface area contributed by atoms with Crippen molar-refractivity contribution in [3.05, 3.63) is 47.2 Å². The molecule has 1 heteroatoms. The number of rotatable bonds is 4. The lowest BCUT2D eigenvalue weighted by molar-refractivity contribution is 0.439. The smallest absolute Gasteiger partial charge is 0.0224 e. The van der Waals surface area contributed by atoms with E-state index in [0.717, 1.165) is 6.54 Å². The first-order valence-corrected chi connectivity index (χ1v) is 9.21. The maximum Gasteiger partial charge on any atom is 0.0224 e. The molecule has 2 fully saturated rings. The van der Waals surface area contributed by atoms with E-state index >= 15 is 0 Å². The van der Waals surface area contributed by atoms with Gasteiger partial charge in [-0.2, -0.15) is 0 Å². The van der Waals surface area contributed by atoms with Gasteiger partial charge in [0.1, 0.15) is 0 Å². The van der Waals surface area contributed by atoms with Gasteiger partial charge in [-0.1, -0.05) is 64.8 Å². The third-order valence-electron chi connectivity index (χ3n) is 5.85. The third kappa shape index (κ3) is 3.65. The van der Waals surface area contributed by atoms with Crippen molar-refractivity contribution in [3.8, 4) is 0 Å². The minimum atomic E-state index is 0.170. The van der Waals surface area contributed by atoms with E-state index in [1.807, 2.05) is 0 Å². The van der Waals surface area contributed by atoms with E-state index in [-0.39, 0.29) is 10.8 Å². The molecule has 0 aromatic carbocycles. The monoisotopic (exact) mass is 313 g/mol. The minimum absolute atomic E-state index is 0.170. The molecule has 23 heavy (non-hydrogen) atoms. The van der Waals surface area contributed by atoms with Crippen LogP contribution in [0.3, 0.4) is 0 Å². The van der Waals surface area contributed by atoms with Crippen LogP contribution in [0.4, 0.5) is 0 Å². The van der Waals surface area contributed by atoms with E-state index in [9.17, 15) is 0 Å². The molecule has 1 aliphatic heterocycles. The van der Waals surface area contributed by atoms with Crippen molar-refractivity contribution in [2.24, 2.45) is 16.7 Å². The van der Waals surface area contributed by atoms with Gasteiger partial charge in [-0.05, 0) is 49.3 Å². The fourth-order valence-electron chi connectivity index (χ4n) is 3.99. The van der Waals surface area contributed by atoms with Crippen LogP contribution in [0, 0.1) is 16.7 Å². The van der Waals surface area contributed by atoms with Gasteiger partial charge in [0.15, 0.2) is 0 Å². The molecule has 1 N–H and O–H groups in total. The zero-order valence-electron chi connectivity index (χ0n) is 16.1. The van der Waals surface area contributed by atoms with E-state index in [1.54, 1.807) is 0 Å². The molecule has 128 valence electrons. The van der Waals surface area contributed by atoms with Crippen LogP contribution in [0.15, 0.2) is 47.2 Å². The molecule has 1 heterocycles. The molecule has 1 aliphatic carbocycles. The Morgan fingerprint density at radius 1 is 1.26 bits per heavy atom. The molecule has 0 aromatic heterocycles. The molecule has 1 nitrogen and oxygen atoms in total. The van der Waals surface area contributed by atoms with Crippen LogP contribution >= 0.6 is 0 Å². The second-order valence-corrected chi connectivity index (χ2v) is 8.52. The van der Waals surface area contributed by atoms with Gasteiger partial charge in [-0.3, -0.25) is 0 Å². The maximum absolute atomic E-state index is 4.50. The van der Waals surface area contributed by atoms with Gasteiger partial charge in [0.2, 0.25) is 0 Å². The zero-order chi connectivity index (χ0) is 17.3. The molecule has 0 spiro atoms. The Balaban J connectivity index is 2.33. The van der Waals surface area contributed by atoms with Crippen LogP contribution in [-0.4, -0.2) is 6.54 Å². The van der Waals surface area contributed by atoms with Crippen molar-refractivity contribution in [1.29, 1.82) is 0 Å². The molecule has 0 aromatic rings. The highest BCUT2D eigenvalue weighted by Crippen LogP contribution is 2.50. The highest BCUT2D eigenvalue weighted by molar-refractivity contribution is 5.41. The predicted molar refractivity (Wildman–Crippen MR) is 102 cm³/mol. The number of nitrogens with one attached hydrogen (secondary N) is 1. The molecule has 1 saturated heterocycles. The Morgan fingerprint density at radius 3 is 2.26 bits per heavy atom. The lowest BCUT2D eigenvalue weighted by atomic mass is 9.71. The molecule has 1 unspecified atom stereocenters. The summed E-state index contributed by atoms with van der Waals surface area (Å²) in [7, 11) is 0. The molecule has 1 atom stereocenters. The van der Waals surface area contributed by atoms with Gasteiger partial charge in [-0.25, -0.2) is 0 Å². The molecule has 0 bridgehead atoms. The maximum atomic E-state index is 4.50. The van der Waals surface area contributed by atoms with Crippen molar-refractivity contribution in [3.63, 3.8) is 0 Å². The first-order chi connectivity index (χ1) is 10.7. The first kappa shape index (κ1) is 18.1. The standard InChI is InChI=1S/C22H35N/c1-8-19(21(5,6)7)13-17(3)22(11-9-10-12-22)18(4)14-20-16(2)15-23-20/h8,13-14,16,23H,4,9-12,15H2,1-3,5-7H3/b17-13+,19-8+,20-14+. The summed E-state index contributed by atoms with van der Waals surface area (Å²) in [6, 6.07) is 0. The summed E-state index contributed by atoms with van der Waals surface area (Å²) >= 11 is 0. The Labute approximate surface area is 143 Å². The molecule has 0 radical (unpaired) electrons. The van der Waals surface area contributed by atoms with E-state index in [0.29, 0.717) is 5.92 Å². The molecule has 2 rings (SSSR count). The average molecular weight is 314 g/mol. The Kier molecular flexibility index (Phi) is 5.28. The number of allylic oxidation sites excluding steroid dienone is 6. The Morgan fingerprint density at radius 2 is 1.87 bits per heavy atom. The predicted octanol–water partition coefficient (Wildman–Crippen LogP) is 6.16. The van der Waals surface area contributed by atoms with Crippen molar-refractivity contribution < 1.29 is 0 Å². The van der Waals surface area contributed by atoms with Gasteiger partial charge < -0.3 is 5.32 Å². The summed E-state index contributed by atoms with van der Waals surface area (Å²) in [6.45, 7) is 19.3. The van der Waals surface area contributed by atoms with Crippen molar-refractivity contribution in [1.82, 2.24) is 5.32 Å². The van der Waals surface area contributed by atoms with Crippen LogP contribution in [0.2, 0.25) is 0 Å². The van der Waals surface area contributed by atoms with Gasteiger partial charge >= 0.3 is 0 Å². The van der Waals surface area contributed by atoms with Crippen LogP contribution < -0.4 is 5.32 Å². The highest BCUT2D eigenvalue weighted by Gasteiger charge is 2.38. The van der Waals surface area contributed by atoms with Gasteiger partial charge in [0.25, 0.3) is 0 Å². The van der Waals surface area contributed by atoms with E-state index in [2.05, 4.69) is 71.7 Å². The van der Waals surface area contributed by atoms with Gasteiger partial charge in [-0.15, -0.1) is 0 Å². The molecule has 0 amide bonds. The number of hydrogen-bond acceptors (Lipinski definition) is 1. The third-order valence-corrected chi connectivity index (χ3v) is 5.85. The Bertz CT molecular complexity index is 545. The second kappa shape index (κ2) is 6.71. The molecular formula is C22H35N. The van der Waals surface area contributed by atoms with E-state index in [1.165, 1.54) is 48.1 Å². The normalized spacial score (nSPS) is 26.9. The molecule has 2 aliphatic rings. The highest BCUT2D eigenvalue weighted by atomic mass is 15.0. The SMILES string of the molecule is C=C(/C=C1/NCC1C)C1(/C(C)=C/C(=C\C)C(C)(C)C)CCCC1. The van der Waals surface area contributed by atoms with Crippen LogP contribution in [-0.2, 0) is 0 Å². The fraction of sp³-hybridized carbons (Fsp3) is 0.636. The zero-order valence-corrected chi connectivity index (χ0v) is 16.1. The van der Waals surface area contributed by atoms with Crippen LogP contribution in [0.5, 0.6) is 0 Å². The summed E-state index contributed by atoms with van der Waals surface area (Å²) in [5.74, 6) is 0.662. The summed E-state index contributed by atoms with van der Waals surface area (Å²) in [4.78, 5) is 0. The quantitative estimate of drug-likeness (QED) is 0.612. The van der Waals surface area contributed by atoms with E-state index in [4.69, 9.17) is 0 Å². The van der Waals surface area contributed by atoms with E-state index < -0.39 is 0 Å². The topological polar surface area (TPSA) is 12.0 Å². The number of hydrogen-bond donors (Lipinski definition) is 1. The van der Waals surface area contributed by atoms with Gasteiger partial charge in [0, 0.05) is 23.6 Å². The molecule has 1 saturated carbocycles.